The number of anilines is 1. The summed E-state index contributed by atoms with van der Waals surface area (Å²) in [6.07, 6.45) is 1.01. The van der Waals surface area contributed by atoms with E-state index in [4.69, 9.17) is 0 Å². The van der Waals surface area contributed by atoms with Gasteiger partial charge < -0.3 is 4.90 Å². The van der Waals surface area contributed by atoms with Gasteiger partial charge in [0.05, 0.1) is 6.16 Å². The van der Waals surface area contributed by atoms with E-state index in [-0.39, 0.29) is 17.0 Å². The van der Waals surface area contributed by atoms with Crippen LogP contribution in [0.25, 0.3) is 0 Å². The molecule has 4 aromatic rings. The van der Waals surface area contributed by atoms with E-state index in [0.29, 0.717) is 0 Å². The average Bonchev–Trinajstić information content (AvgIpc) is 2.79. The number of halogens is 1. The lowest BCUT2D eigenvalue weighted by atomic mass is 10.2. The molecule has 3 heteroatoms. The van der Waals surface area contributed by atoms with Crippen molar-refractivity contribution in [2.75, 3.05) is 19.0 Å². The van der Waals surface area contributed by atoms with Gasteiger partial charge in [-0.05, 0) is 54.1 Å². The zero-order valence-electron chi connectivity index (χ0n) is 17.5. The van der Waals surface area contributed by atoms with Crippen LogP contribution in [0.4, 0.5) is 5.69 Å². The van der Waals surface area contributed by atoms with Gasteiger partial charge in [-0.3, -0.25) is 0 Å². The third-order valence-corrected chi connectivity index (χ3v) is 9.84. The molecule has 152 valence electrons. The number of rotatable bonds is 6. The molecule has 4 aromatic carbocycles. The maximum atomic E-state index is 2.31. The van der Waals surface area contributed by atoms with E-state index in [1.807, 2.05) is 0 Å². The number of hydrogen-bond acceptors (Lipinski definition) is 1. The van der Waals surface area contributed by atoms with E-state index in [2.05, 4.69) is 134 Å². The number of benzene rings is 4. The topological polar surface area (TPSA) is 3.24 Å². The summed E-state index contributed by atoms with van der Waals surface area (Å²) < 4.78 is 0. The van der Waals surface area contributed by atoms with Crippen LogP contribution in [-0.4, -0.2) is 14.1 Å². The molecule has 0 bridgehead atoms. The molecule has 0 amide bonds. The van der Waals surface area contributed by atoms with Crippen molar-refractivity contribution in [3.63, 3.8) is 0 Å². The van der Waals surface area contributed by atoms with Crippen LogP contribution in [0, 0.1) is 0 Å². The molecule has 0 aromatic heterocycles. The van der Waals surface area contributed by atoms with Crippen LogP contribution in [0.2, 0.25) is 0 Å². The van der Waals surface area contributed by atoms with E-state index in [1.54, 1.807) is 0 Å². The molecule has 0 unspecified atom stereocenters. The molecule has 4 rings (SSSR count). The summed E-state index contributed by atoms with van der Waals surface area (Å²) in [5.74, 6) is 0. The van der Waals surface area contributed by atoms with E-state index >= 15 is 0 Å². The van der Waals surface area contributed by atoms with Crippen molar-refractivity contribution in [2.24, 2.45) is 0 Å². The lowest BCUT2D eigenvalue weighted by Gasteiger charge is -2.28. The van der Waals surface area contributed by atoms with Gasteiger partial charge in [-0.1, -0.05) is 66.7 Å². The Labute approximate surface area is 191 Å². The Morgan fingerprint density at radius 2 is 0.900 bits per heavy atom. The van der Waals surface area contributed by atoms with Gasteiger partial charge >= 0.3 is 0 Å². The Balaban J connectivity index is 0.00000256. The number of nitrogens with zero attached hydrogens (tertiary/aromatic N) is 1. The molecule has 0 saturated carbocycles. The second kappa shape index (κ2) is 10.1. The van der Waals surface area contributed by atoms with Gasteiger partial charge in [0, 0.05) is 19.8 Å². The molecular formula is C27H28BrNP+. The highest BCUT2D eigenvalue weighted by molar-refractivity contribution is 8.93. The Kier molecular flexibility index (Phi) is 7.48. The maximum Gasteiger partial charge on any atom is 0.116 e. The monoisotopic (exact) mass is 476 g/mol. The van der Waals surface area contributed by atoms with Crippen molar-refractivity contribution in [3.8, 4) is 0 Å². The van der Waals surface area contributed by atoms with Crippen molar-refractivity contribution in [2.45, 2.75) is 6.16 Å². The van der Waals surface area contributed by atoms with Gasteiger partial charge in [0.2, 0.25) is 0 Å². The largest absolute Gasteiger partial charge is 0.378 e. The van der Waals surface area contributed by atoms with Crippen LogP contribution in [0.5, 0.6) is 0 Å². The van der Waals surface area contributed by atoms with E-state index < -0.39 is 7.26 Å². The van der Waals surface area contributed by atoms with Gasteiger partial charge in [0.25, 0.3) is 0 Å². The average molecular weight is 477 g/mol. The summed E-state index contributed by atoms with van der Waals surface area (Å²) in [5, 5.41) is 4.28. The molecule has 0 aliphatic heterocycles. The first kappa shape index (κ1) is 22.3. The third kappa shape index (κ3) is 4.51. The Morgan fingerprint density at radius 1 is 0.533 bits per heavy atom. The molecular weight excluding hydrogens is 449 g/mol. The molecule has 0 saturated heterocycles. The molecule has 0 aliphatic carbocycles. The first-order valence-corrected chi connectivity index (χ1v) is 12.0. The molecule has 0 heterocycles. The van der Waals surface area contributed by atoms with Gasteiger partial charge in [-0.15, -0.1) is 17.0 Å². The summed E-state index contributed by atoms with van der Waals surface area (Å²) in [4.78, 5) is 2.15. The van der Waals surface area contributed by atoms with Crippen molar-refractivity contribution in [3.05, 3.63) is 121 Å². The number of hydrogen-bond donors (Lipinski definition) is 0. The predicted octanol–water partition coefficient (Wildman–Crippen LogP) is 5.82. The zero-order valence-corrected chi connectivity index (χ0v) is 20.1. The molecule has 0 atom stereocenters. The van der Waals surface area contributed by atoms with Crippen LogP contribution in [-0.2, 0) is 6.16 Å². The fraction of sp³-hybridized carbons (Fsp3) is 0.111. The zero-order chi connectivity index (χ0) is 20.1. The van der Waals surface area contributed by atoms with Gasteiger partial charge in [0.15, 0.2) is 0 Å². The molecule has 30 heavy (non-hydrogen) atoms. The summed E-state index contributed by atoms with van der Waals surface area (Å²) in [6.45, 7) is 0. The minimum absolute atomic E-state index is 0. The summed E-state index contributed by atoms with van der Waals surface area (Å²) in [5.41, 5.74) is 2.61. The molecule has 0 N–H and O–H groups in total. The van der Waals surface area contributed by atoms with Crippen molar-refractivity contribution in [1.82, 2.24) is 0 Å². The van der Waals surface area contributed by atoms with Gasteiger partial charge in [-0.25, -0.2) is 0 Å². The summed E-state index contributed by atoms with van der Waals surface area (Å²) in [7, 11) is 2.35. The minimum Gasteiger partial charge on any atom is -0.378 e. The normalized spacial score (nSPS) is 10.9. The Hall–Kier alpha value is -2.41. The van der Waals surface area contributed by atoms with Crippen molar-refractivity contribution < 1.29 is 0 Å². The van der Waals surface area contributed by atoms with E-state index in [9.17, 15) is 0 Å². The standard InChI is InChI=1S/C27H27NP.BrH/c1-28(2)24-20-18-23(19-21-24)22-29(25-12-6-3-7-13-25,26-14-8-4-9-15-26)27-16-10-5-11-17-27;/h3-21H,22H2,1-2H3;1H/q+1;. The predicted molar refractivity (Wildman–Crippen MR) is 140 cm³/mol. The summed E-state index contributed by atoms with van der Waals surface area (Å²) >= 11 is 0. The van der Waals surface area contributed by atoms with Crippen molar-refractivity contribution >= 4 is 45.8 Å². The highest BCUT2D eigenvalue weighted by Gasteiger charge is 2.45. The van der Waals surface area contributed by atoms with Gasteiger partial charge in [0.1, 0.15) is 23.2 Å². The lowest BCUT2D eigenvalue weighted by Crippen LogP contribution is -2.32. The summed E-state index contributed by atoms with van der Waals surface area (Å²) in [6, 6.07) is 42.2. The lowest BCUT2D eigenvalue weighted by molar-refractivity contribution is 1.13. The molecule has 0 radical (unpaired) electrons. The highest BCUT2D eigenvalue weighted by Crippen LogP contribution is 2.58. The SMILES string of the molecule is Br.CN(C)c1ccc(C[P+](c2ccccc2)(c2ccccc2)c2ccccc2)cc1. The van der Waals surface area contributed by atoms with E-state index in [1.165, 1.54) is 27.2 Å². The van der Waals surface area contributed by atoms with Crippen LogP contribution in [0.15, 0.2) is 115 Å². The van der Waals surface area contributed by atoms with Crippen LogP contribution in [0.3, 0.4) is 0 Å². The van der Waals surface area contributed by atoms with Gasteiger partial charge in [-0.2, -0.15) is 0 Å². The molecule has 0 fully saturated rings. The Morgan fingerprint density at radius 3 is 1.23 bits per heavy atom. The fourth-order valence-corrected chi connectivity index (χ4v) is 8.19. The second-order valence-electron chi connectivity index (χ2n) is 7.54. The first-order valence-electron chi connectivity index (χ1n) is 10.0. The third-order valence-electron chi connectivity index (χ3n) is 5.46. The highest BCUT2D eigenvalue weighted by atomic mass is 79.9. The smallest absolute Gasteiger partial charge is 0.116 e. The Bertz CT molecular complexity index is 936. The quantitative estimate of drug-likeness (QED) is 0.316. The molecule has 1 nitrogen and oxygen atoms in total. The fourth-order valence-electron chi connectivity index (χ4n) is 3.94. The van der Waals surface area contributed by atoms with Crippen molar-refractivity contribution in [1.29, 1.82) is 0 Å². The first-order chi connectivity index (χ1) is 14.2. The second-order valence-corrected chi connectivity index (χ2v) is 11.0. The van der Waals surface area contributed by atoms with Crippen LogP contribution in [0.1, 0.15) is 5.56 Å². The minimum atomic E-state index is -1.83. The van der Waals surface area contributed by atoms with E-state index in [0.717, 1.165) is 6.16 Å². The maximum absolute atomic E-state index is 2.31. The molecule has 0 aliphatic rings. The molecule has 0 spiro atoms. The van der Waals surface area contributed by atoms with Crippen LogP contribution < -0.4 is 20.8 Å². The van der Waals surface area contributed by atoms with Crippen LogP contribution >= 0.6 is 24.2 Å².